The van der Waals surface area contributed by atoms with E-state index >= 15 is 0 Å². The summed E-state index contributed by atoms with van der Waals surface area (Å²) in [5.74, 6) is -0.115. The molecular weight excluding hydrogens is 326 g/mol. The maximum absolute atomic E-state index is 12.6. The Labute approximate surface area is 143 Å². The molecule has 0 aliphatic carbocycles. The molecule has 0 fully saturated rings. The van der Waals surface area contributed by atoms with Crippen LogP contribution in [0.5, 0.6) is 0 Å². The maximum atomic E-state index is 12.6. The van der Waals surface area contributed by atoms with E-state index in [1.165, 1.54) is 11.3 Å². The van der Waals surface area contributed by atoms with E-state index in [9.17, 15) is 4.79 Å². The Balaban J connectivity index is 1.87. The number of anilines is 2. The lowest BCUT2D eigenvalue weighted by Gasteiger charge is -2.17. The monoisotopic (exact) mass is 343 g/mol. The Morgan fingerprint density at radius 1 is 1.22 bits per heavy atom. The molecule has 0 saturated heterocycles. The van der Waals surface area contributed by atoms with Gasteiger partial charge in [0.15, 0.2) is 0 Å². The zero-order valence-electron chi connectivity index (χ0n) is 13.2. The number of thiophene rings is 1. The third-order valence-corrected chi connectivity index (χ3v) is 5.29. The third kappa shape index (κ3) is 3.28. The van der Waals surface area contributed by atoms with Gasteiger partial charge in [-0.05, 0) is 30.5 Å². The van der Waals surface area contributed by atoms with Gasteiger partial charge in [0, 0.05) is 25.0 Å². The van der Waals surface area contributed by atoms with E-state index in [1.807, 2.05) is 67.0 Å². The SMILES string of the molecule is Cc1nc(-c2ccsc2)sc1C(=O)Nc1ccccc1N(C)C. The number of nitrogens with zero attached hydrogens (tertiary/aromatic N) is 2. The summed E-state index contributed by atoms with van der Waals surface area (Å²) in [5.41, 5.74) is 3.60. The number of aryl methyl sites for hydroxylation is 1. The summed E-state index contributed by atoms with van der Waals surface area (Å²) >= 11 is 3.06. The Bertz CT molecular complexity index is 822. The number of rotatable bonds is 4. The first-order valence-corrected chi connectivity index (χ1v) is 8.90. The Morgan fingerprint density at radius 3 is 2.70 bits per heavy atom. The second-order valence-electron chi connectivity index (χ2n) is 5.31. The Morgan fingerprint density at radius 2 is 2.00 bits per heavy atom. The highest BCUT2D eigenvalue weighted by Gasteiger charge is 2.17. The minimum absolute atomic E-state index is 0.115. The van der Waals surface area contributed by atoms with Crippen molar-refractivity contribution in [2.24, 2.45) is 0 Å². The molecule has 1 amide bonds. The fraction of sp³-hybridized carbons (Fsp3) is 0.176. The molecule has 3 aromatic rings. The highest BCUT2D eigenvalue weighted by molar-refractivity contribution is 7.17. The van der Waals surface area contributed by atoms with Crippen LogP contribution in [-0.4, -0.2) is 25.0 Å². The molecule has 0 bridgehead atoms. The van der Waals surface area contributed by atoms with Gasteiger partial charge in [-0.3, -0.25) is 4.79 Å². The molecule has 23 heavy (non-hydrogen) atoms. The maximum Gasteiger partial charge on any atom is 0.267 e. The molecule has 0 aliphatic heterocycles. The van der Waals surface area contributed by atoms with Gasteiger partial charge in [0.25, 0.3) is 5.91 Å². The molecule has 0 saturated carbocycles. The number of aromatic nitrogens is 1. The predicted octanol–water partition coefficient (Wildman–Crippen LogP) is 4.50. The van der Waals surface area contributed by atoms with Crippen LogP contribution in [0.4, 0.5) is 11.4 Å². The standard InChI is InChI=1S/C17H17N3OS2/c1-11-15(23-17(18-11)12-8-9-22-10-12)16(21)19-13-6-4-5-7-14(13)20(2)3/h4-10H,1-3H3,(H,19,21). The number of nitrogens with one attached hydrogen (secondary N) is 1. The van der Waals surface area contributed by atoms with Crippen molar-refractivity contribution in [3.8, 4) is 10.6 Å². The lowest BCUT2D eigenvalue weighted by molar-refractivity contribution is 0.103. The summed E-state index contributed by atoms with van der Waals surface area (Å²) in [6.07, 6.45) is 0. The van der Waals surface area contributed by atoms with Gasteiger partial charge in [0.05, 0.1) is 17.1 Å². The summed E-state index contributed by atoms with van der Waals surface area (Å²) in [4.78, 5) is 19.8. The number of carbonyl (C=O) groups excluding carboxylic acids is 1. The van der Waals surface area contributed by atoms with Gasteiger partial charge in [-0.2, -0.15) is 11.3 Å². The molecule has 0 spiro atoms. The Hall–Kier alpha value is -2.18. The van der Waals surface area contributed by atoms with Crippen molar-refractivity contribution in [3.63, 3.8) is 0 Å². The van der Waals surface area contributed by atoms with E-state index in [1.54, 1.807) is 11.3 Å². The first kappa shape index (κ1) is 15.7. The van der Waals surface area contributed by atoms with Crippen molar-refractivity contribution >= 4 is 40.0 Å². The number of carbonyl (C=O) groups is 1. The van der Waals surface area contributed by atoms with Crippen LogP contribution in [0.25, 0.3) is 10.6 Å². The molecule has 1 aromatic carbocycles. The summed E-state index contributed by atoms with van der Waals surface area (Å²) in [6.45, 7) is 1.87. The van der Waals surface area contributed by atoms with Crippen LogP contribution in [0.1, 0.15) is 15.4 Å². The topological polar surface area (TPSA) is 45.2 Å². The van der Waals surface area contributed by atoms with Crippen LogP contribution in [-0.2, 0) is 0 Å². The van der Waals surface area contributed by atoms with Crippen LogP contribution in [0.15, 0.2) is 41.1 Å². The highest BCUT2D eigenvalue weighted by Crippen LogP contribution is 2.31. The molecule has 3 rings (SSSR count). The van der Waals surface area contributed by atoms with Gasteiger partial charge in [-0.25, -0.2) is 4.98 Å². The predicted molar refractivity (Wildman–Crippen MR) is 98.9 cm³/mol. The molecule has 0 unspecified atom stereocenters. The minimum Gasteiger partial charge on any atom is -0.376 e. The van der Waals surface area contributed by atoms with E-state index in [4.69, 9.17) is 0 Å². The molecule has 2 heterocycles. The first-order chi connectivity index (χ1) is 11.1. The van der Waals surface area contributed by atoms with E-state index < -0.39 is 0 Å². The molecule has 0 radical (unpaired) electrons. The van der Waals surface area contributed by atoms with Crippen LogP contribution in [0.3, 0.4) is 0 Å². The lowest BCUT2D eigenvalue weighted by atomic mass is 10.2. The Kier molecular flexibility index (Phi) is 4.45. The molecular formula is C17H17N3OS2. The first-order valence-electron chi connectivity index (χ1n) is 7.14. The summed E-state index contributed by atoms with van der Waals surface area (Å²) in [6, 6.07) is 9.78. The average Bonchev–Trinajstić information content (AvgIpc) is 3.16. The van der Waals surface area contributed by atoms with Gasteiger partial charge in [-0.15, -0.1) is 11.3 Å². The molecule has 0 aliphatic rings. The van der Waals surface area contributed by atoms with Crippen molar-refractivity contribution < 1.29 is 4.79 Å². The fourth-order valence-electron chi connectivity index (χ4n) is 2.27. The molecule has 0 atom stereocenters. The number of hydrogen-bond donors (Lipinski definition) is 1. The van der Waals surface area contributed by atoms with Crippen LogP contribution in [0, 0.1) is 6.92 Å². The minimum atomic E-state index is -0.115. The van der Waals surface area contributed by atoms with E-state index in [0.29, 0.717) is 4.88 Å². The lowest BCUT2D eigenvalue weighted by Crippen LogP contribution is -2.16. The fourth-order valence-corrected chi connectivity index (χ4v) is 3.94. The van der Waals surface area contributed by atoms with E-state index in [0.717, 1.165) is 27.6 Å². The van der Waals surface area contributed by atoms with Gasteiger partial charge in [0.2, 0.25) is 0 Å². The number of para-hydroxylation sites is 2. The summed E-state index contributed by atoms with van der Waals surface area (Å²) in [5, 5.41) is 7.94. The van der Waals surface area contributed by atoms with Crippen molar-refractivity contribution in [2.75, 3.05) is 24.3 Å². The van der Waals surface area contributed by atoms with Crippen LogP contribution >= 0.6 is 22.7 Å². The van der Waals surface area contributed by atoms with E-state index in [2.05, 4.69) is 10.3 Å². The molecule has 1 N–H and O–H groups in total. The second-order valence-corrected chi connectivity index (χ2v) is 7.09. The van der Waals surface area contributed by atoms with Crippen molar-refractivity contribution in [1.82, 2.24) is 4.98 Å². The summed E-state index contributed by atoms with van der Waals surface area (Å²) < 4.78 is 0. The van der Waals surface area contributed by atoms with Crippen LogP contribution < -0.4 is 10.2 Å². The summed E-state index contributed by atoms with van der Waals surface area (Å²) in [7, 11) is 3.91. The van der Waals surface area contributed by atoms with E-state index in [-0.39, 0.29) is 5.91 Å². The van der Waals surface area contributed by atoms with Crippen molar-refractivity contribution in [2.45, 2.75) is 6.92 Å². The van der Waals surface area contributed by atoms with Gasteiger partial charge >= 0.3 is 0 Å². The number of amides is 1. The average molecular weight is 343 g/mol. The van der Waals surface area contributed by atoms with Gasteiger partial charge < -0.3 is 10.2 Å². The second kappa shape index (κ2) is 6.52. The zero-order chi connectivity index (χ0) is 16.4. The van der Waals surface area contributed by atoms with Gasteiger partial charge in [0.1, 0.15) is 9.88 Å². The zero-order valence-corrected chi connectivity index (χ0v) is 14.8. The van der Waals surface area contributed by atoms with Gasteiger partial charge in [-0.1, -0.05) is 12.1 Å². The van der Waals surface area contributed by atoms with Crippen molar-refractivity contribution in [3.05, 3.63) is 51.7 Å². The molecule has 6 heteroatoms. The largest absolute Gasteiger partial charge is 0.376 e. The number of thiazole rings is 1. The molecule has 4 nitrogen and oxygen atoms in total. The normalized spacial score (nSPS) is 10.6. The molecule has 118 valence electrons. The quantitative estimate of drug-likeness (QED) is 0.759. The number of hydrogen-bond acceptors (Lipinski definition) is 5. The smallest absolute Gasteiger partial charge is 0.267 e. The highest BCUT2D eigenvalue weighted by atomic mass is 32.1. The van der Waals surface area contributed by atoms with Crippen LogP contribution in [0.2, 0.25) is 0 Å². The van der Waals surface area contributed by atoms with Crippen molar-refractivity contribution in [1.29, 1.82) is 0 Å². The third-order valence-electron chi connectivity index (χ3n) is 3.41. The molecule has 2 aromatic heterocycles. The number of benzene rings is 1.